The van der Waals surface area contributed by atoms with Gasteiger partial charge in [-0.2, -0.15) is 0 Å². The van der Waals surface area contributed by atoms with E-state index in [-0.39, 0.29) is 21.7 Å². The van der Waals surface area contributed by atoms with E-state index in [1.807, 2.05) is 0 Å². The molecule has 0 spiro atoms. The van der Waals surface area contributed by atoms with Gasteiger partial charge >= 0.3 is 0 Å². The monoisotopic (exact) mass is 432 g/mol. The van der Waals surface area contributed by atoms with Gasteiger partial charge < -0.3 is 4.90 Å². The molecule has 1 aliphatic rings. The Morgan fingerprint density at radius 1 is 0.968 bits per heavy atom. The molecule has 2 heterocycles. The number of hydrogen-bond donors (Lipinski definition) is 0. The van der Waals surface area contributed by atoms with Crippen molar-refractivity contribution >= 4 is 5.91 Å². The van der Waals surface area contributed by atoms with Crippen molar-refractivity contribution < 1.29 is 9.36 Å². The number of imidazole rings is 1. The Morgan fingerprint density at radius 3 is 2.00 bits per heavy atom. The van der Waals surface area contributed by atoms with Crippen molar-refractivity contribution in [1.29, 1.82) is 0 Å². The molecule has 2 rings (SSSR count). The molecular weight excluding hydrogens is 382 g/mol. The third kappa shape index (κ3) is 7.08. The highest BCUT2D eigenvalue weighted by molar-refractivity contribution is 5.78. The second-order valence-corrected chi connectivity index (χ2v) is 13.9. The summed E-state index contributed by atoms with van der Waals surface area (Å²) in [5, 5.41) is 0. The van der Waals surface area contributed by atoms with E-state index in [9.17, 15) is 4.79 Å². The maximum atomic E-state index is 12.7. The zero-order valence-electron chi connectivity index (χ0n) is 22.4. The first-order chi connectivity index (χ1) is 13.9. The lowest BCUT2D eigenvalue weighted by Crippen LogP contribution is -2.49. The van der Waals surface area contributed by atoms with Gasteiger partial charge in [-0.25, -0.2) is 9.13 Å². The number of aromatic nitrogens is 2. The Morgan fingerprint density at radius 2 is 1.58 bits per heavy atom. The quantitative estimate of drug-likeness (QED) is 0.452. The molecule has 1 amide bonds. The molecule has 2 unspecified atom stereocenters. The number of amides is 1. The van der Waals surface area contributed by atoms with Crippen molar-refractivity contribution in [3.63, 3.8) is 0 Å². The van der Waals surface area contributed by atoms with Crippen LogP contribution in [0.2, 0.25) is 0 Å². The number of rotatable bonds is 8. The minimum absolute atomic E-state index is 0.0561. The first-order valence-electron chi connectivity index (χ1n) is 12.2. The van der Waals surface area contributed by atoms with Crippen LogP contribution in [-0.4, -0.2) is 28.0 Å². The van der Waals surface area contributed by atoms with Gasteiger partial charge in [0.1, 0.15) is 18.4 Å². The molecule has 0 aliphatic carbocycles. The van der Waals surface area contributed by atoms with Gasteiger partial charge in [0, 0.05) is 24.4 Å². The third-order valence-electron chi connectivity index (χ3n) is 7.02. The van der Waals surface area contributed by atoms with Crippen LogP contribution in [0, 0.1) is 21.7 Å². The van der Waals surface area contributed by atoms with Crippen molar-refractivity contribution in [3.05, 3.63) is 18.7 Å². The molecular formula is C27H50N3O+. The van der Waals surface area contributed by atoms with Crippen LogP contribution in [-0.2, 0) is 11.8 Å². The molecule has 1 aromatic heterocycles. The van der Waals surface area contributed by atoms with Crippen LogP contribution in [0.5, 0.6) is 0 Å². The summed E-state index contributed by atoms with van der Waals surface area (Å²) in [7, 11) is 2.09. The number of hydrogen-bond acceptors (Lipinski definition) is 1. The summed E-state index contributed by atoms with van der Waals surface area (Å²) >= 11 is 0. The maximum absolute atomic E-state index is 12.7. The SMILES string of the molecule is C[n+]1ccn(C(CC(C)(C)CC(C)(C)C(CC(C)(C)C)N2CCCC2=O)C(C)(C)C)c1. The number of likely N-dealkylation sites (tertiary alicyclic amines) is 1. The Balaban J connectivity index is 2.28. The van der Waals surface area contributed by atoms with Crippen molar-refractivity contribution in [2.45, 2.75) is 113 Å². The zero-order valence-corrected chi connectivity index (χ0v) is 22.4. The highest BCUT2D eigenvalue weighted by atomic mass is 16.2. The van der Waals surface area contributed by atoms with Crippen LogP contribution in [0.4, 0.5) is 0 Å². The highest BCUT2D eigenvalue weighted by Gasteiger charge is 2.44. The molecule has 4 heteroatoms. The van der Waals surface area contributed by atoms with Crippen LogP contribution in [0.15, 0.2) is 18.7 Å². The van der Waals surface area contributed by atoms with Crippen molar-refractivity contribution in [2.75, 3.05) is 6.54 Å². The van der Waals surface area contributed by atoms with Gasteiger partial charge in [-0.05, 0) is 41.9 Å². The summed E-state index contributed by atoms with van der Waals surface area (Å²) in [6.45, 7) is 24.6. The number of nitrogens with zero attached hydrogens (tertiary/aromatic N) is 3. The third-order valence-corrected chi connectivity index (χ3v) is 7.02. The predicted molar refractivity (Wildman–Crippen MR) is 130 cm³/mol. The number of carbonyl (C=O) groups excluding carboxylic acids is 1. The maximum Gasteiger partial charge on any atom is 0.243 e. The van der Waals surface area contributed by atoms with Gasteiger partial charge in [-0.3, -0.25) is 4.79 Å². The van der Waals surface area contributed by atoms with Gasteiger partial charge in [0.15, 0.2) is 0 Å². The predicted octanol–water partition coefficient (Wildman–Crippen LogP) is 6.16. The molecule has 0 N–H and O–H groups in total. The van der Waals surface area contributed by atoms with Crippen molar-refractivity contribution in [3.8, 4) is 0 Å². The summed E-state index contributed by atoms with van der Waals surface area (Å²) in [4.78, 5) is 14.9. The first kappa shape index (κ1) is 25.9. The van der Waals surface area contributed by atoms with Gasteiger partial charge in [0.25, 0.3) is 0 Å². The van der Waals surface area contributed by atoms with E-state index in [1.54, 1.807) is 0 Å². The Bertz CT molecular complexity index is 745. The van der Waals surface area contributed by atoms with E-state index < -0.39 is 0 Å². The fraction of sp³-hybridized carbons (Fsp3) is 0.852. The zero-order chi connectivity index (χ0) is 23.8. The molecule has 0 aromatic carbocycles. The largest absolute Gasteiger partial charge is 0.339 e. The van der Waals surface area contributed by atoms with Crippen LogP contribution < -0.4 is 4.57 Å². The standard InChI is InChI=1S/C27H50N3O/c1-24(2,3)17-22(30-14-12-13-23(30)31)27(9,10)19-26(7,8)18-21(25(4,5)6)29-16-15-28(11)20-29/h15-16,20-22H,12-14,17-19H2,1-11H3/q+1. The summed E-state index contributed by atoms with van der Waals surface area (Å²) in [6, 6.07) is 0.716. The molecule has 178 valence electrons. The molecule has 2 atom stereocenters. The molecule has 1 aromatic rings. The average molecular weight is 433 g/mol. The molecule has 0 bridgehead atoms. The minimum atomic E-state index is 0.0561. The number of aryl methyl sites for hydroxylation is 1. The molecule has 0 saturated carbocycles. The van der Waals surface area contributed by atoms with E-state index in [1.165, 1.54) is 0 Å². The number of carbonyl (C=O) groups is 1. The van der Waals surface area contributed by atoms with Gasteiger partial charge in [0.05, 0.1) is 7.05 Å². The van der Waals surface area contributed by atoms with E-state index >= 15 is 0 Å². The second-order valence-electron chi connectivity index (χ2n) is 13.9. The topological polar surface area (TPSA) is 29.1 Å². The van der Waals surface area contributed by atoms with Gasteiger partial charge in [-0.1, -0.05) is 69.2 Å². The highest BCUT2D eigenvalue weighted by Crippen LogP contribution is 2.48. The van der Waals surface area contributed by atoms with Gasteiger partial charge in [0.2, 0.25) is 12.2 Å². The molecule has 1 saturated heterocycles. The molecule has 0 radical (unpaired) electrons. The lowest BCUT2D eigenvalue weighted by molar-refractivity contribution is -0.671. The lowest BCUT2D eigenvalue weighted by atomic mass is 9.64. The first-order valence-corrected chi connectivity index (χ1v) is 12.2. The van der Waals surface area contributed by atoms with E-state index in [0.29, 0.717) is 18.0 Å². The fourth-order valence-electron chi connectivity index (χ4n) is 5.85. The van der Waals surface area contributed by atoms with Crippen molar-refractivity contribution in [2.24, 2.45) is 28.7 Å². The summed E-state index contributed by atoms with van der Waals surface area (Å²) in [6.07, 6.45) is 11.6. The Labute approximate surface area is 192 Å². The smallest absolute Gasteiger partial charge is 0.243 e. The van der Waals surface area contributed by atoms with Crippen LogP contribution in [0.25, 0.3) is 0 Å². The fourth-order valence-corrected chi connectivity index (χ4v) is 5.85. The molecule has 31 heavy (non-hydrogen) atoms. The summed E-state index contributed by atoms with van der Waals surface area (Å²) < 4.78 is 4.53. The summed E-state index contributed by atoms with van der Waals surface area (Å²) in [5.41, 5.74) is 0.579. The van der Waals surface area contributed by atoms with Crippen LogP contribution >= 0.6 is 0 Å². The Hall–Kier alpha value is -1.32. The lowest BCUT2D eigenvalue weighted by Gasteiger charge is -2.47. The molecule has 4 nitrogen and oxygen atoms in total. The van der Waals surface area contributed by atoms with Crippen LogP contribution in [0.1, 0.15) is 107 Å². The second kappa shape index (κ2) is 8.90. The average Bonchev–Trinajstić information content (AvgIpc) is 3.16. The minimum Gasteiger partial charge on any atom is -0.339 e. The van der Waals surface area contributed by atoms with Gasteiger partial charge in [-0.15, -0.1) is 0 Å². The van der Waals surface area contributed by atoms with E-state index in [2.05, 4.69) is 109 Å². The molecule has 1 aliphatic heterocycles. The van der Waals surface area contributed by atoms with Crippen LogP contribution in [0.3, 0.4) is 0 Å². The summed E-state index contributed by atoms with van der Waals surface area (Å²) in [5.74, 6) is 0.354. The Kier molecular flexibility index (Phi) is 7.45. The van der Waals surface area contributed by atoms with Crippen molar-refractivity contribution in [1.82, 2.24) is 9.47 Å². The van der Waals surface area contributed by atoms with E-state index in [4.69, 9.17) is 0 Å². The van der Waals surface area contributed by atoms with E-state index in [0.717, 1.165) is 38.6 Å². The molecule has 1 fully saturated rings. The normalized spacial score (nSPS) is 18.5.